The van der Waals surface area contributed by atoms with Gasteiger partial charge in [-0.25, -0.2) is 4.99 Å². The molecule has 1 amide bonds. The van der Waals surface area contributed by atoms with E-state index in [2.05, 4.69) is 33.3 Å². The van der Waals surface area contributed by atoms with E-state index in [4.69, 9.17) is 11.6 Å². The number of carbonyl (C=O) groups excluding carboxylic acids is 1. The molecule has 1 aromatic heterocycles. The fraction of sp³-hybridized carbons (Fsp3) is 0.300. The lowest BCUT2D eigenvalue weighted by molar-refractivity contribution is -0.115. The van der Waals surface area contributed by atoms with Crippen molar-refractivity contribution in [2.24, 2.45) is 4.99 Å². The largest absolute Gasteiger partial charge is 0.351 e. The van der Waals surface area contributed by atoms with Crippen LogP contribution in [-0.2, 0) is 4.79 Å². The number of nitrogens with one attached hydrogen (secondary N) is 1. The molecule has 0 radical (unpaired) electrons. The number of aliphatic imine (C=N–C) groups is 1. The van der Waals surface area contributed by atoms with Crippen LogP contribution in [-0.4, -0.2) is 15.6 Å². The van der Waals surface area contributed by atoms with Crippen LogP contribution in [0.3, 0.4) is 0 Å². The molecule has 0 bridgehead atoms. The van der Waals surface area contributed by atoms with Crippen molar-refractivity contribution in [3.8, 4) is 0 Å². The quantitative estimate of drug-likeness (QED) is 0.713. The zero-order valence-corrected chi connectivity index (χ0v) is 16.1. The molecule has 2 fully saturated rings. The fourth-order valence-corrected chi connectivity index (χ4v) is 4.39. The fourth-order valence-electron chi connectivity index (χ4n) is 3.39. The van der Waals surface area contributed by atoms with Gasteiger partial charge in [0.2, 0.25) is 0 Å². The Morgan fingerprint density at radius 1 is 1.31 bits per heavy atom. The van der Waals surface area contributed by atoms with E-state index in [1.165, 1.54) is 37.4 Å². The topological polar surface area (TPSA) is 46.4 Å². The van der Waals surface area contributed by atoms with E-state index in [-0.39, 0.29) is 5.91 Å². The summed E-state index contributed by atoms with van der Waals surface area (Å²) in [6.45, 7) is 1.97. The highest BCUT2D eigenvalue weighted by atomic mass is 35.5. The number of aryl methyl sites for hydroxylation is 1. The lowest BCUT2D eigenvalue weighted by atomic mass is 10.2. The van der Waals surface area contributed by atoms with Gasteiger partial charge in [0.05, 0.1) is 10.6 Å². The SMILES string of the molecule is Cc1ccc(Cl)cc1N=C1NC(=O)/C(=C\c2ccn(C3CCCC3)c2)S1. The highest BCUT2D eigenvalue weighted by Crippen LogP contribution is 2.32. The van der Waals surface area contributed by atoms with Gasteiger partial charge in [0, 0.05) is 23.5 Å². The van der Waals surface area contributed by atoms with Crippen LogP contribution >= 0.6 is 23.4 Å². The highest BCUT2D eigenvalue weighted by Gasteiger charge is 2.24. The van der Waals surface area contributed by atoms with Crippen molar-refractivity contribution in [3.63, 3.8) is 0 Å². The zero-order chi connectivity index (χ0) is 18.1. The van der Waals surface area contributed by atoms with Crippen molar-refractivity contribution < 1.29 is 4.79 Å². The van der Waals surface area contributed by atoms with Crippen molar-refractivity contribution in [2.75, 3.05) is 0 Å². The molecule has 1 aromatic carbocycles. The number of carbonyl (C=O) groups is 1. The number of thioether (sulfide) groups is 1. The first-order valence-corrected chi connectivity index (χ1v) is 10.0. The molecule has 1 saturated carbocycles. The van der Waals surface area contributed by atoms with Crippen molar-refractivity contribution >= 4 is 46.2 Å². The standard InChI is InChI=1S/C20H20ClN3OS/c1-13-6-7-15(21)11-17(13)22-20-23-19(25)18(26-20)10-14-8-9-24(12-14)16-4-2-3-5-16/h6-12,16H,2-5H2,1H3,(H,22,23,25)/b18-10+. The lowest BCUT2D eigenvalue weighted by Crippen LogP contribution is -2.19. The van der Waals surface area contributed by atoms with E-state index in [1.807, 2.05) is 25.1 Å². The number of rotatable bonds is 3. The molecule has 6 heteroatoms. The first-order chi connectivity index (χ1) is 12.6. The van der Waals surface area contributed by atoms with Gasteiger partial charge in [0.25, 0.3) is 5.91 Å². The van der Waals surface area contributed by atoms with Gasteiger partial charge < -0.3 is 9.88 Å². The number of nitrogens with zero attached hydrogens (tertiary/aromatic N) is 2. The Hall–Kier alpha value is -1.98. The summed E-state index contributed by atoms with van der Waals surface area (Å²) in [7, 11) is 0. The van der Waals surface area contributed by atoms with Gasteiger partial charge in [-0.05, 0) is 66.9 Å². The lowest BCUT2D eigenvalue weighted by Gasteiger charge is -2.10. The molecule has 0 atom stereocenters. The molecule has 26 heavy (non-hydrogen) atoms. The van der Waals surface area contributed by atoms with Gasteiger partial charge in [-0.1, -0.05) is 30.5 Å². The first kappa shape index (κ1) is 17.4. The minimum absolute atomic E-state index is 0.109. The van der Waals surface area contributed by atoms with Crippen molar-refractivity contribution in [3.05, 3.63) is 57.7 Å². The van der Waals surface area contributed by atoms with Crippen LogP contribution in [0, 0.1) is 6.92 Å². The average Bonchev–Trinajstić information content (AvgIpc) is 3.33. The number of hydrogen-bond acceptors (Lipinski definition) is 3. The van der Waals surface area contributed by atoms with Crippen LogP contribution in [0.5, 0.6) is 0 Å². The molecule has 4 nitrogen and oxygen atoms in total. The second-order valence-electron chi connectivity index (χ2n) is 6.74. The summed E-state index contributed by atoms with van der Waals surface area (Å²) in [5.41, 5.74) is 2.84. The second-order valence-corrected chi connectivity index (χ2v) is 8.21. The average molecular weight is 386 g/mol. The Morgan fingerprint density at radius 2 is 2.12 bits per heavy atom. The summed E-state index contributed by atoms with van der Waals surface area (Å²) in [6, 6.07) is 8.23. The summed E-state index contributed by atoms with van der Waals surface area (Å²) in [5, 5.41) is 4.05. The Bertz CT molecular complexity index is 910. The maximum absolute atomic E-state index is 12.3. The summed E-state index contributed by atoms with van der Waals surface area (Å²) in [6.07, 6.45) is 11.3. The molecule has 1 N–H and O–H groups in total. The van der Waals surface area contributed by atoms with E-state index < -0.39 is 0 Å². The van der Waals surface area contributed by atoms with Gasteiger partial charge in [0.1, 0.15) is 0 Å². The third-order valence-corrected chi connectivity index (χ3v) is 5.97. The van der Waals surface area contributed by atoms with E-state index in [0.717, 1.165) is 16.8 Å². The maximum Gasteiger partial charge on any atom is 0.264 e. The molecule has 0 unspecified atom stereocenters. The van der Waals surface area contributed by atoms with E-state index in [9.17, 15) is 4.79 Å². The molecule has 1 saturated heterocycles. The summed E-state index contributed by atoms with van der Waals surface area (Å²) in [5.74, 6) is -0.109. The Kier molecular flexibility index (Phi) is 4.92. The number of aromatic nitrogens is 1. The van der Waals surface area contributed by atoms with Crippen LogP contribution in [0.2, 0.25) is 5.02 Å². The predicted octanol–water partition coefficient (Wildman–Crippen LogP) is 5.46. The second kappa shape index (κ2) is 7.33. The Morgan fingerprint density at radius 3 is 2.92 bits per heavy atom. The third-order valence-electron chi connectivity index (χ3n) is 4.83. The van der Waals surface area contributed by atoms with E-state index in [0.29, 0.717) is 21.1 Å². The highest BCUT2D eigenvalue weighted by molar-refractivity contribution is 8.18. The van der Waals surface area contributed by atoms with Crippen molar-refractivity contribution in [2.45, 2.75) is 38.6 Å². The molecule has 0 spiro atoms. The summed E-state index contributed by atoms with van der Waals surface area (Å²) >= 11 is 7.41. The number of halogens is 1. The molecule has 4 rings (SSSR count). The third kappa shape index (κ3) is 3.74. The minimum Gasteiger partial charge on any atom is -0.351 e. The van der Waals surface area contributed by atoms with Crippen LogP contribution in [0.15, 0.2) is 46.6 Å². The Balaban J connectivity index is 1.53. The van der Waals surface area contributed by atoms with Crippen LogP contribution in [0.1, 0.15) is 42.9 Å². The van der Waals surface area contributed by atoms with Gasteiger partial charge in [-0.3, -0.25) is 4.79 Å². The smallest absolute Gasteiger partial charge is 0.264 e. The van der Waals surface area contributed by atoms with Crippen molar-refractivity contribution in [1.29, 1.82) is 0 Å². The number of amidine groups is 1. The van der Waals surface area contributed by atoms with Gasteiger partial charge in [0.15, 0.2) is 5.17 Å². The molecule has 1 aliphatic heterocycles. The molecule has 2 aromatic rings. The molecule has 134 valence electrons. The number of benzene rings is 1. The monoisotopic (exact) mass is 385 g/mol. The zero-order valence-electron chi connectivity index (χ0n) is 14.5. The van der Waals surface area contributed by atoms with Crippen LogP contribution in [0.4, 0.5) is 5.69 Å². The van der Waals surface area contributed by atoms with Crippen molar-refractivity contribution in [1.82, 2.24) is 9.88 Å². The van der Waals surface area contributed by atoms with E-state index in [1.54, 1.807) is 6.07 Å². The molecular weight excluding hydrogens is 366 g/mol. The first-order valence-electron chi connectivity index (χ1n) is 8.82. The predicted molar refractivity (Wildman–Crippen MR) is 109 cm³/mol. The number of amides is 1. The molecule has 1 aliphatic carbocycles. The molecular formula is C20H20ClN3OS. The number of hydrogen-bond donors (Lipinski definition) is 1. The normalized spacial score (nSPS) is 21.1. The molecule has 2 aliphatic rings. The van der Waals surface area contributed by atoms with Gasteiger partial charge in [-0.15, -0.1) is 0 Å². The van der Waals surface area contributed by atoms with Crippen LogP contribution < -0.4 is 5.32 Å². The summed E-state index contributed by atoms with van der Waals surface area (Å²) in [4.78, 5) is 17.5. The molecule has 2 heterocycles. The van der Waals surface area contributed by atoms with Gasteiger partial charge >= 0.3 is 0 Å². The maximum atomic E-state index is 12.3. The minimum atomic E-state index is -0.109. The van der Waals surface area contributed by atoms with Gasteiger partial charge in [-0.2, -0.15) is 0 Å². The Labute approximate surface area is 162 Å². The van der Waals surface area contributed by atoms with E-state index >= 15 is 0 Å². The van der Waals surface area contributed by atoms with Crippen LogP contribution in [0.25, 0.3) is 6.08 Å². The summed E-state index contributed by atoms with van der Waals surface area (Å²) < 4.78 is 2.28.